The Morgan fingerprint density at radius 1 is 1.29 bits per heavy atom. The Morgan fingerprint density at radius 3 is 2.81 bits per heavy atom. The van der Waals surface area contributed by atoms with Crippen molar-refractivity contribution in [3.63, 3.8) is 0 Å². The van der Waals surface area contributed by atoms with E-state index in [0.29, 0.717) is 18.4 Å². The van der Waals surface area contributed by atoms with E-state index < -0.39 is 12.0 Å². The van der Waals surface area contributed by atoms with Gasteiger partial charge in [0.05, 0.1) is 6.04 Å². The van der Waals surface area contributed by atoms with Crippen molar-refractivity contribution in [2.24, 2.45) is 17.8 Å². The van der Waals surface area contributed by atoms with Crippen LogP contribution in [0.5, 0.6) is 0 Å². The van der Waals surface area contributed by atoms with E-state index in [1.165, 1.54) is 0 Å². The first kappa shape index (κ1) is 14.8. The van der Waals surface area contributed by atoms with Crippen LogP contribution in [0.2, 0.25) is 0 Å². The quantitative estimate of drug-likeness (QED) is 0.827. The van der Waals surface area contributed by atoms with Crippen molar-refractivity contribution < 1.29 is 14.7 Å². The van der Waals surface area contributed by atoms with Crippen LogP contribution in [0.4, 0.5) is 0 Å². The fourth-order valence-electron chi connectivity index (χ4n) is 4.60. The van der Waals surface area contributed by atoms with Crippen molar-refractivity contribution >= 4 is 11.9 Å². The van der Waals surface area contributed by atoms with Crippen molar-refractivity contribution in [2.45, 2.75) is 57.5 Å². The molecule has 0 aromatic rings. The van der Waals surface area contributed by atoms with Gasteiger partial charge in [-0.05, 0) is 50.0 Å². The number of fused-ring (bicyclic) bond motifs is 1. The van der Waals surface area contributed by atoms with Gasteiger partial charge in [-0.25, -0.2) is 4.79 Å². The van der Waals surface area contributed by atoms with Crippen molar-refractivity contribution in [3.05, 3.63) is 0 Å². The Bertz CT molecular complexity index is 426. The van der Waals surface area contributed by atoms with Gasteiger partial charge in [-0.15, -0.1) is 0 Å². The standard InChI is InChI=1S/C16H26N2O3/c1-2-10-6-7-17-13(8-10)15(19)18-9-11-4-3-5-12(11)14(18)16(20)21/h10-14,17H,2-9H2,1H3,(H,20,21). The summed E-state index contributed by atoms with van der Waals surface area (Å²) >= 11 is 0. The Labute approximate surface area is 126 Å². The summed E-state index contributed by atoms with van der Waals surface area (Å²) in [6.45, 7) is 3.68. The second-order valence-electron chi connectivity index (χ2n) is 6.93. The summed E-state index contributed by atoms with van der Waals surface area (Å²) < 4.78 is 0. The second kappa shape index (κ2) is 5.95. The Balaban J connectivity index is 1.72. The van der Waals surface area contributed by atoms with Crippen LogP contribution >= 0.6 is 0 Å². The van der Waals surface area contributed by atoms with Crippen LogP contribution in [-0.2, 0) is 9.59 Å². The molecular weight excluding hydrogens is 268 g/mol. The zero-order chi connectivity index (χ0) is 15.0. The lowest BCUT2D eigenvalue weighted by Gasteiger charge is -2.33. The zero-order valence-corrected chi connectivity index (χ0v) is 12.8. The van der Waals surface area contributed by atoms with E-state index in [-0.39, 0.29) is 17.9 Å². The molecule has 3 rings (SSSR count). The van der Waals surface area contributed by atoms with E-state index in [0.717, 1.165) is 45.1 Å². The molecule has 2 aliphatic heterocycles. The predicted molar refractivity (Wildman–Crippen MR) is 78.8 cm³/mol. The van der Waals surface area contributed by atoms with Gasteiger partial charge < -0.3 is 15.3 Å². The molecule has 3 aliphatic rings. The first-order chi connectivity index (χ1) is 10.1. The lowest BCUT2D eigenvalue weighted by atomic mass is 9.89. The summed E-state index contributed by atoms with van der Waals surface area (Å²) in [5.41, 5.74) is 0. The smallest absolute Gasteiger partial charge is 0.326 e. The molecule has 2 N–H and O–H groups in total. The summed E-state index contributed by atoms with van der Waals surface area (Å²) in [6, 6.07) is -0.766. The van der Waals surface area contributed by atoms with Gasteiger partial charge in [0.2, 0.25) is 5.91 Å². The third-order valence-corrected chi connectivity index (χ3v) is 5.81. The fourth-order valence-corrected chi connectivity index (χ4v) is 4.60. The number of hydrogen-bond acceptors (Lipinski definition) is 3. The van der Waals surface area contributed by atoms with Gasteiger partial charge in [-0.3, -0.25) is 4.79 Å². The molecule has 0 aromatic heterocycles. The van der Waals surface area contributed by atoms with Crippen molar-refractivity contribution in [3.8, 4) is 0 Å². The minimum absolute atomic E-state index is 0.0231. The maximum Gasteiger partial charge on any atom is 0.326 e. The molecule has 118 valence electrons. The van der Waals surface area contributed by atoms with Gasteiger partial charge in [0.1, 0.15) is 6.04 Å². The van der Waals surface area contributed by atoms with Crippen molar-refractivity contribution in [2.75, 3.05) is 13.1 Å². The topological polar surface area (TPSA) is 69.6 Å². The van der Waals surface area contributed by atoms with Gasteiger partial charge in [-0.2, -0.15) is 0 Å². The molecule has 5 heteroatoms. The Hall–Kier alpha value is -1.10. The number of nitrogens with zero attached hydrogens (tertiary/aromatic N) is 1. The number of aliphatic carboxylic acids is 1. The molecule has 0 aromatic carbocycles. The lowest BCUT2D eigenvalue weighted by Crippen LogP contribution is -2.53. The molecule has 1 saturated carbocycles. The first-order valence-electron chi connectivity index (χ1n) is 8.38. The molecule has 1 aliphatic carbocycles. The van der Waals surface area contributed by atoms with Crippen LogP contribution in [0.1, 0.15) is 45.4 Å². The lowest BCUT2D eigenvalue weighted by molar-refractivity contribution is -0.150. The van der Waals surface area contributed by atoms with Gasteiger partial charge >= 0.3 is 5.97 Å². The number of carbonyl (C=O) groups excluding carboxylic acids is 1. The highest BCUT2D eigenvalue weighted by Crippen LogP contribution is 2.42. The molecule has 3 fully saturated rings. The van der Waals surface area contributed by atoms with E-state index in [1.54, 1.807) is 4.90 Å². The SMILES string of the molecule is CCC1CCNC(C(=O)N2CC3CCCC3C2C(=O)O)C1. The Morgan fingerprint density at radius 2 is 2.10 bits per heavy atom. The number of carboxylic acid groups (broad SMARTS) is 1. The molecular formula is C16H26N2O3. The fraction of sp³-hybridized carbons (Fsp3) is 0.875. The van der Waals surface area contributed by atoms with E-state index in [2.05, 4.69) is 12.2 Å². The summed E-state index contributed by atoms with van der Waals surface area (Å²) in [6.07, 6.45) is 6.22. The average Bonchev–Trinajstić information content (AvgIpc) is 3.06. The molecule has 0 radical (unpaired) electrons. The molecule has 5 atom stereocenters. The second-order valence-corrected chi connectivity index (χ2v) is 6.93. The molecule has 2 heterocycles. The van der Waals surface area contributed by atoms with Gasteiger partial charge in [0.15, 0.2) is 0 Å². The van der Waals surface area contributed by atoms with Gasteiger partial charge in [0, 0.05) is 6.54 Å². The van der Waals surface area contributed by atoms with Gasteiger partial charge in [-0.1, -0.05) is 19.8 Å². The number of carboxylic acids is 1. The van der Waals surface area contributed by atoms with Crippen LogP contribution < -0.4 is 5.32 Å². The number of amides is 1. The van der Waals surface area contributed by atoms with Gasteiger partial charge in [0.25, 0.3) is 0 Å². The molecule has 1 amide bonds. The summed E-state index contributed by atoms with van der Waals surface area (Å²) in [5, 5.41) is 12.9. The number of piperidine rings is 1. The Kier molecular flexibility index (Phi) is 4.20. The van der Waals surface area contributed by atoms with E-state index in [1.807, 2.05) is 0 Å². The minimum atomic E-state index is -0.819. The molecule has 0 bridgehead atoms. The highest BCUT2D eigenvalue weighted by atomic mass is 16.4. The van der Waals surface area contributed by atoms with Crippen LogP contribution in [-0.4, -0.2) is 47.1 Å². The van der Waals surface area contributed by atoms with E-state index >= 15 is 0 Å². The summed E-state index contributed by atoms with van der Waals surface area (Å²) in [5.74, 6) is 0.374. The number of likely N-dealkylation sites (tertiary alicyclic amines) is 1. The molecule has 2 saturated heterocycles. The zero-order valence-electron chi connectivity index (χ0n) is 12.8. The van der Waals surface area contributed by atoms with E-state index in [9.17, 15) is 14.7 Å². The van der Waals surface area contributed by atoms with Crippen LogP contribution in [0.15, 0.2) is 0 Å². The maximum absolute atomic E-state index is 12.8. The molecule has 0 spiro atoms. The monoisotopic (exact) mass is 294 g/mol. The molecule has 21 heavy (non-hydrogen) atoms. The average molecular weight is 294 g/mol. The first-order valence-corrected chi connectivity index (χ1v) is 8.38. The summed E-state index contributed by atoms with van der Waals surface area (Å²) in [7, 11) is 0. The van der Waals surface area contributed by atoms with Crippen LogP contribution in [0, 0.1) is 17.8 Å². The van der Waals surface area contributed by atoms with Crippen LogP contribution in [0.25, 0.3) is 0 Å². The number of nitrogens with one attached hydrogen (secondary N) is 1. The van der Waals surface area contributed by atoms with Crippen molar-refractivity contribution in [1.82, 2.24) is 10.2 Å². The third kappa shape index (κ3) is 2.68. The minimum Gasteiger partial charge on any atom is -0.480 e. The summed E-state index contributed by atoms with van der Waals surface area (Å²) in [4.78, 5) is 26.1. The normalized spacial score (nSPS) is 39.3. The van der Waals surface area contributed by atoms with Crippen LogP contribution in [0.3, 0.4) is 0 Å². The molecule has 5 unspecified atom stereocenters. The number of carbonyl (C=O) groups is 2. The third-order valence-electron chi connectivity index (χ3n) is 5.81. The molecule has 5 nitrogen and oxygen atoms in total. The number of rotatable bonds is 3. The van der Waals surface area contributed by atoms with Crippen molar-refractivity contribution in [1.29, 1.82) is 0 Å². The highest BCUT2D eigenvalue weighted by molar-refractivity contribution is 5.88. The predicted octanol–water partition coefficient (Wildman–Crippen LogP) is 1.48. The largest absolute Gasteiger partial charge is 0.480 e. The maximum atomic E-state index is 12.8. The van der Waals surface area contributed by atoms with E-state index in [4.69, 9.17) is 0 Å². The highest BCUT2D eigenvalue weighted by Gasteiger charge is 2.50. The number of hydrogen-bond donors (Lipinski definition) is 2.